The maximum atomic E-state index is 12.2. The molecule has 2 aromatic rings. The molecule has 2 rings (SSSR count). The second-order valence-electron chi connectivity index (χ2n) is 6.17. The number of aromatic nitrogens is 2. The van der Waals surface area contributed by atoms with Crippen molar-refractivity contribution < 1.29 is 4.79 Å². The molecule has 0 bridgehead atoms. The molecule has 0 aliphatic carbocycles. The second-order valence-corrected chi connectivity index (χ2v) is 6.57. The van der Waals surface area contributed by atoms with Crippen LogP contribution in [0.15, 0.2) is 18.2 Å². The lowest BCUT2D eigenvalue weighted by Gasteiger charge is -2.11. The summed E-state index contributed by atoms with van der Waals surface area (Å²) in [4.78, 5) is 12.2. The first-order valence-corrected chi connectivity index (χ1v) is 8.46. The Bertz CT molecular complexity index is 739. The minimum absolute atomic E-state index is 0.00443. The highest BCUT2D eigenvalue weighted by atomic mass is 35.5. The van der Waals surface area contributed by atoms with E-state index in [9.17, 15) is 4.79 Å². The maximum absolute atomic E-state index is 12.2. The van der Waals surface area contributed by atoms with Gasteiger partial charge in [-0.3, -0.25) is 4.79 Å². The number of nitrogens with one attached hydrogen (secondary N) is 2. The number of carbonyl (C=O) groups excluding carboxylic acids is 1. The summed E-state index contributed by atoms with van der Waals surface area (Å²) in [5.41, 5.74) is 4.72. The molecule has 1 unspecified atom stereocenters. The fourth-order valence-corrected chi connectivity index (χ4v) is 2.66. The van der Waals surface area contributed by atoms with Gasteiger partial charge in [0.25, 0.3) is 0 Å². The zero-order valence-electron chi connectivity index (χ0n) is 14.9. The summed E-state index contributed by atoms with van der Waals surface area (Å²) in [6.07, 6.45) is 0.327. The molecule has 0 fully saturated rings. The summed E-state index contributed by atoms with van der Waals surface area (Å²) < 4.78 is 1.85. The van der Waals surface area contributed by atoms with Gasteiger partial charge in [0, 0.05) is 28.9 Å². The molecule has 0 aliphatic heterocycles. The SMILES string of the molecule is CNC(C)CNC(=O)Cc1c(C)nn(-c2ccc(C)c(Cl)c2)c1C. The van der Waals surface area contributed by atoms with Crippen LogP contribution in [0.1, 0.15) is 29.4 Å². The summed E-state index contributed by atoms with van der Waals surface area (Å²) >= 11 is 6.22. The van der Waals surface area contributed by atoms with Gasteiger partial charge in [-0.15, -0.1) is 0 Å². The first kappa shape index (κ1) is 18.5. The fourth-order valence-electron chi connectivity index (χ4n) is 2.49. The van der Waals surface area contributed by atoms with Crippen LogP contribution in [0.2, 0.25) is 5.02 Å². The van der Waals surface area contributed by atoms with Crippen LogP contribution in [0.5, 0.6) is 0 Å². The predicted molar refractivity (Wildman–Crippen MR) is 98.0 cm³/mol. The molecular weight excluding hydrogens is 324 g/mol. The third-order valence-electron chi connectivity index (χ3n) is 4.28. The third-order valence-corrected chi connectivity index (χ3v) is 4.68. The minimum Gasteiger partial charge on any atom is -0.354 e. The Hall–Kier alpha value is -1.85. The molecule has 1 heterocycles. The smallest absolute Gasteiger partial charge is 0.224 e. The number of rotatable bonds is 6. The van der Waals surface area contributed by atoms with Crippen molar-refractivity contribution in [1.29, 1.82) is 0 Å². The van der Waals surface area contributed by atoms with E-state index >= 15 is 0 Å². The predicted octanol–water partition coefficient (Wildman–Crippen LogP) is 2.72. The van der Waals surface area contributed by atoms with E-state index in [1.165, 1.54) is 0 Å². The van der Waals surface area contributed by atoms with Crippen molar-refractivity contribution in [2.24, 2.45) is 0 Å². The Kier molecular flexibility index (Phi) is 6.02. The minimum atomic E-state index is 0.00443. The summed E-state index contributed by atoms with van der Waals surface area (Å²) in [6, 6.07) is 6.10. The molecular formula is C18H25ClN4O. The van der Waals surface area contributed by atoms with Crippen molar-refractivity contribution in [3.05, 3.63) is 45.7 Å². The van der Waals surface area contributed by atoms with Gasteiger partial charge >= 0.3 is 0 Å². The molecule has 24 heavy (non-hydrogen) atoms. The number of halogens is 1. The highest BCUT2D eigenvalue weighted by molar-refractivity contribution is 6.31. The van der Waals surface area contributed by atoms with Crippen molar-refractivity contribution in [3.63, 3.8) is 0 Å². The van der Waals surface area contributed by atoms with Crippen LogP contribution in [0.25, 0.3) is 5.69 Å². The molecule has 1 aromatic heterocycles. The Labute approximate surface area is 148 Å². The number of carbonyl (C=O) groups is 1. The van der Waals surface area contributed by atoms with Crippen LogP contribution >= 0.6 is 11.6 Å². The molecule has 1 amide bonds. The van der Waals surface area contributed by atoms with Crippen LogP contribution in [0.4, 0.5) is 0 Å². The summed E-state index contributed by atoms with van der Waals surface area (Å²) in [7, 11) is 1.88. The zero-order chi connectivity index (χ0) is 17.9. The Morgan fingerprint density at radius 3 is 2.67 bits per heavy atom. The fraction of sp³-hybridized carbons (Fsp3) is 0.444. The largest absolute Gasteiger partial charge is 0.354 e. The van der Waals surface area contributed by atoms with E-state index in [1.54, 1.807) is 0 Å². The van der Waals surface area contributed by atoms with E-state index < -0.39 is 0 Å². The highest BCUT2D eigenvalue weighted by Gasteiger charge is 2.16. The van der Waals surface area contributed by atoms with Gasteiger partial charge in [0.1, 0.15) is 0 Å². The molecule has 0 saturated carbocycles. The highest BCUT2D eigenvalue weighted by Crippen LogP contribution is 2.23. The number of aryl methyl sites for hydroxylation is 2. The molecule has 130 valence electrons. The van der Waals surface area contributed by atoms with Gasteiger partial charge in [0.2, 0.25) is 5.91 Å². The molecule has 0 aliphatic rings. The average Bonchev–Trinajstić information content (AvgIpc) is 2.83. The van der Waals surface area contributed by atoms with Gasteiger partial charge in [0.05, 0.1) is 17.8 Å². The number of amides is 1. The Morgan fingerprint density at radius 2 is 2.04 bits per heavy atom. The lowest BCUT2D eigenvalue weighted by atomic mass is 10.1. The van der Waals surface area contributed by atoms with Crippen LogP contribution in [-0.2, 0) is 11.2 Å². The topological polar surface area (TPSA) is 58.9 Å². The van der Waals surface area contributed by atoms with E-state index in [1.807, 2.05) is 57.6 Å². The quantitative estimate of drug-likeness (QED) is 0.843. The number of benzene rings is 1. The third kappa shape index (κ3) is 4.16. The standard InChI is InChI=1S/C18H25ClN4O/c1-11-6-7-15(8-17(11)19)23-14(4)16(13(3)22-23)9-18(24)21-10-12(2)20-5/h6-8,12,20H,9-10H2,1-5H3,(H,21,24). The van der Waals surface area contributed by atoms with Crippen LogP contribution in [0.3, 0.4) is 0 Å². The molecule has 1 atom stereocenters. The van der Waals surface area contributed by atoms with Gasteiger partial charge < -0.3 is 10.6 Å². The van der Waals surface area contributed by atoms with E-state index in [2.05, 4.69) is 15.7 Å². The summed E-state index contributed by atoms with van der Waals surface area (Å²) in [6.45, 7) is 8.50. The lowest BCUT2D eigenvalue weighted by Crippen LogP contribution is -2.37. The molecule has 2 N–H and O–H groups in total. The van der Waals surface area contributed by atoms with Crippen LogP contribution in [0, 0.1) is 20.8 Å². The number of hydrogen-bond donors (Lipinski definition) is 2. The van der Waals surface area contributed by atoms with E-state index in [-0.39, 0.29) is 11.9 Å². The monoisotopic (exact) mass is 348 g/mol. The number of likely N-dealkylation sites (N-methyl/N-ethyl adjacent to an activating group) is 1. The van der Waals surface area contributed by atoms with E-state index in [4.69, 9.17) is 11.6 Å². The van der Waals surface area contributed by atoms with Crippen molar-refractivity contribution in [1.82, 2.24) is 20.4 Å². The molecule has 6 heteroatoms. The normalized spacial score (nSPS) is 12.2. The number of nitrogens with zero attached hydrogens (tertiary/aromatic N) is 2. The van der Waals surface area contributed by atoms with Gasteiger partial charge in [0.15, 0.2) is 0 Å². The van der Waals surface area contributed by atoms with Crippen molar-refractivity contribution in [3.8, 4) is 5.69 Å². The van der Waals surface area contributed by atoms with Gasteiger partial charge in [-0.2, -0.15) is 5.10 Å². The van der Waals surface area contributed by atoms with Crippen LogP contribution in [-0.4, -0.2) is 35.3 Å². The Balaban J connectivity index is 2.19. The van der Waals surface area contributed by atoms with Crippen molar-refractivity contribution >= 4 is 17.5 Å². The van der Waals surface area contributed by atoms with E-state index in [0.717, 1.165) is 28.2 Å². The summed E-state index contributed by atoms with van der Waals surface area (Å²) in [5, 5.41) is 11.3. The van der Waals surface area contributed by atoms with E-state index in [0.29, 0.717) is 18.0 Å². The number of hydrogen-bond acceptors (Lipinski definition) is 3. The van der Waals surface area contributed by atoms with Crippen molar-refractivity contribution in [2.45, 2.75) is 40.2 Å². The molecule has 0 saturated heterocycles. The Morgan fingerprint density at radius 1 is 1.33 bits per heavy atom. The second kappa shape index (κ2) is 7.81. The molecule has 0 spiro atoms. The first-order valence-electron chi connectivity index (χ1n) is 8.09. The van der Waals surface area contributed by atoms with Crippen LogP contribution < -0.4 is 10.6 Å². The molecule has 5 nitrogen and oxygen atoms in total. The van der Waals surface area contributed by atoms with Gasteiger partial charge in [-0.05, 0) is 52.4 Å². The lowest BCUT2D eigenvalue weighted by molar-refractivity contribution is -0.120. The molecule has 1 aromatic carbocycles. The van der Waals surface area contributed by atoms with Crippen molar-refractivity contribution in [2.75, 3.05) is 13.6 Å². The van der Waals surface area contributed by atoms with Gasteiger partial charge in [-0.1, -0.05) is 17.7 Å². The zero-order valence-corrected chi connectivity index (χ0v) is 15.7. The maximum Gasteiger partial charge on any atom is 0.224 e. The average molecular weight is 349 g/mol. The first-order chi connectivity index (χ1) is 11.3. The summed E-state index contributed by atoms with van der Waals surface area (Å²) in [5.74, 6) is 0.00443. The van der Waals surface area contributed by atoms with Gasteiger partial charge in [-0.25, -0.2) is 4.68 Å². The molecule has 0 radical (unpaired) electrons.